The van der Waals surface area contributed by atoms with E-state index in [2.05, 4.69) is 15.8 Å². The molecule has 11 heteroatoms. The number of anilines is 1. The molecule has 0 aliphatic rings. The van der Waals surface area contributed by atoms with Crippen molar-refractivity contribution in [3.63, 3.8) is 0 Å². The number of sulfonamides is 1. The van der Waals surface area contributed by atoms with Gasteiger partial charge in [0.2, 0.25) is 10.0 Å². The summed E-state index contributed by atoms with van der Waals surface area (Å²) in [6.07, 6.45) is 1.22. The van der Waals surface area contributed by atoms with E-state index in [1.54, 1.807) is 66.7 Å². The highest BCUT2D eigenvalue weighted by Crippen LogP contribution is 2.24. The van der Waals surface area contributed by atoms with E-state index in [4.69, 9.17) is 16.0 Å². The van der Waals surface area contributed by atoms with Crippen molar-refractivity contribution in [2.24, 2.45) is 5.10 Å². The van der Waals surface area contributed by atoms with Crippen LogP contribution in [0.5, 0.6) is 0 Å². The average molecular weight is 601 g/mol. The zero-order valence-electron chi connectivity index (χ0n) is 22.1. The van der Waals surface area contributed by atoms with Gasteiger partial charge in [0, 0.05) is 22.6 Å². The minimum atomic E-state index is -3.87. The van der Waals surface area contributed by atoms with E-state index in [0.717, 1.165) is 16.3 Å². The summed E-state index contributed by atoms with van der Waals surface area (Å²) < 4.78 is 34.0. The van der Waals surface area contributed by atoms with E-state index in [1.807, 2.05) is 30.3 Å². The lowest BCUT2D eigenvalue weighted by Gasteiger charge is -2.21. The van der Waals surface area contributed by atoms with E-state index in [9.17, 15) is 18.0 Å². The maximum atomic E-state index is 13.5. The molecule has 0 fully saturated rings. The Kier molecular flexibility index (Phi) is 8.77. The fraction of sp³-hybridized carbons (Fsp3) is 0.0645. The van der Waals surface area contributed by atoms with Crippen LogP contribution in [0, 0.1) is 0 Å². The van der Waals surface area contributed by atoms with Crippen LogP contribution in [0.4, 0.5) is 5.69 Å². The number of hydrogen-bond acceptors (Lipinski definition) is 6. The second kappa shape index (κ2) is 12.8. The predicted octanol–water partition coefficient (Wildman–Crippen LogP) is 5.57. The van der Waals surface area contributed by atoms with Crippen LogP contribution in [0.15, 0.2) is 124 Å². The summed E-state index contributed by atoms with van der Waals surface area (Å²) in [7, 11) is -3.87. The molecule has 5 aromatic rings. The van der Waals surface area contributed by atoms with Crippen LogP contribution in [0.25, 0.3) is 10.8 Å². The van der Waals surface area contributed by atoms with Gasteiger partial charge in [-0.05, 0) is 53.4 Å². The second-order valence-corrected chi connectivity index (χ2v) is 11.6. The quantitative estimate of drug-likeness (QED) is 0.130. The predicted molar refractivity (Wildman–Crippen MR) is 161 cm³/mol. The molecule has 212 valence electrons. The van der Waals surface area contributed by atoms with Gasteiger partial charge in [-0.15, -0.1) is 0 Å². The molecule has 0 bridgehead atoms. The van der Waals surface area contributed by atoms with Crippen molar-refractivity contribution in [1.82, 2.24) is 9.73 Å². The zero-order valence-corrected chi connectivity index (χ0v) is 23.7. The number of carbonyl (C=O) groups is 2. The van der Waals surface area contributed by atoms with Crippen LogP contribution in [-0.2, 0) is 32.7 Å². The lowest BCUT2D eigenvalue weighted by atomic mass is 10.1. The number of fused-ring (bicyclic) bond motifs is 1. The first kappa shape index (κ1) is 28.7. The summed E-state index contributed by atoms with van der Waals surface area (Å²) >= 11 is 5.99. The maximum absolute atomic E-state index is 13.5. The first-order chi connectivity index (χ1) is 20.3. The lowest BCUT2D eigenvalue weighted by Crippen LogP contribution is -2.32. The van der Waals surface area contributed by atoms with Crippen molar-refractivity contribution in [3.05, 3.63) is 131 Å². The van der Waals surface area contributed by atoms with Crippen LogP contribution in [-0.4, -0.2) is 30.8 Å². The summed E-state index contributed by atoms with van der Waals surface area (Å²) in [5.41, 5.74) is 3.42. The lowest BCUT2D eigenvalue weighted by molar-refractivity contribution is -0.136. The van der Waals surface area contributed by atoms with Crippen LogP contribution < -0.4 is 10.7 Å². The number of furan rings is 1. The number of nitrogens with zero attached hydrogens (tertiary/aromatic N) is 2. The molecule has 0 spiro atoms. The summed E-state index contributed by atoms with van der Waals surface area (Å²) in [4.78, 5) is 24.9. The van der Waals surface area contributed by atoms with Crippen molar-refractivity contribution >= 4 is 56.1 Å². The van der Waals surface area contributed by atoms with Gasteiger partial charge in [0.1, 0.15) is 11.5 Å². The molecule has 4 aromatic carbocycles. The summed E-state index contributed by atoms with van der Waals surface area (Å²) in [5.74, 6) is -1.24. The molecule has 0 aliphatic heterocycles. The number of amides is 2. The Labute approximate surface area is 247 Å². The van der Waals surface area contributed by atoms with Crippen molar-refractivity contribution < 1.29 is 22.4 Å². The second-order valence-electron chi connectivity index (χ2n) is 9.20. The van der Waals surface area contributed by atoms with Gasteiger partial charge in [-0.1, -0.05) is 78.3 Å². The summed E-state index contributed by atoms with van der Waals surface area (Å²) in [6, 6.07) is 31.1. The smallest absolute Gasteiger partial charge is 0.329 e. The van der Waals surface area contributed by atoms with Crippen molar-refractivity contribution in [2.75, 3.05) is 5.32 Å². The number of nitrogens with one attached hydrogen (secondary N) is 2. The number of benzene rings is 4. The molecule has 0 atom stereocenters. The summed E-state index contributed by atoms with van der Waals surface area (Å²) in [5, 5.41) is 8.67. The van der Waals surface area contributed by atoms with Crippen LogP contribution in [0.1, 0.15) is 17.1 Å². The molecule has 2 N–H and O–H groups in total. The monoisotopic (exact) mass is 600 g/mol. The molecular formula is C31H25ClN4O5S. The van der Waals surface area contributed by atoms with Gasteiger partial charge in [-0.25, -0.2) is 13.8 Å². The van der Waals surface area contributed by atoms with Gasteiger partial charge in [-0.2, -0.15) is 9.41 Å². The van der Waals surface area contributed by atoms with E-state index < -0.39 is 21.8 Å². The van der Waals surface area contributed by atoms with Crippen molar-refractivity contribution in [3.8, 4) is 0 Å². The van der Waals surface area contributed by atoms with Crippen LogP contribution in [0.3, 0.4) is 0 Å². The number of carbonyl (C=O) groups excluding carboxylic acids is 2. The van der Waals surface area contributed by atoms with Gasteiger partial charge in [-0.3, -0.25) is 9.59 Å². The van der Waals surface area contributed by atoms with Gasteiger partial charge in [0.05, 0.1) is 17.7 Å². The number of halogens is 1. The molecule has 0 unspecified atom stereocenters. The highest BCUT2D eigenvalue weighted by molar-refractivity contribution is 7.89. The highest BCUT2D eigenvalue weighted by Gasteiger charge is 2.26. The Balaban J connectivity index is 1.25. The van der Waals surface area contributed by atoms with Crippen molar-refractivity contribution in [1.29, 1.82) is 0 Å². The standard InChI is InChI=1S/C31H25ClN4O5S/c32-24-15-13-22(14-16-24)20-36(42(39,40)27-9-2-1-3-10-27)21-26-18-17-25(41-26)19-33-35-31(38)30(37)34-29-12-6-8-23-7-4-5-11-28(23)29/h1-19H,20-21H2,(H,34,37)(H,35,38)/b33-19+. The highest BCUT2D eigenvalue weighted by atomic mass is 35.5. The molecule has 0 saturated heterocycles. The Morgan fingerprint density at radius 3 is 2.31 bits per heavy atom. The molecule has 5 rings (SSSR count). The molecule has 42 heavy (non-hydrogen) atoms. The Bertz CT molecular complexity index is 1850. The molecule has 9 nitrogen and oxygen atoms in total. The molecule has 2 amide bonds. The zero-order chi connectivity index (χ0) is 29.5. The van der Waals surface area contributed by atoms with E-state index >= 15 is 0 Å². The third-order valence-electron chi connectivity index (χ3n) is 6.27. The number of hydrazone groups is 1. The fourth-order valence-corrected chi connectivity index (χ4v) is 5.74. The molecule has 1 heterocycles. The van der Waals surface area contributed by atoms with E-state index in [0.29, 0.717) is 16.5 Å². The minimum absolute atomic E-state index is 0.0620. The third-order valence-corrected chi connectivity index (χ3v) is 8.33. The van der Waals surface area contributed by atoms with Gasteiger partial charge in [0.15, 0.2) is 0 Å². The van der Waals surface area contributed by atoms with E-state index in [1.165, 1.54) is 22.7 Å². The van der Waals surface area contributed by atoms with Crippen molar-refractivity contribution in [2.45, 2.75) is 18.0 Å². The molecule has 1 aromatic heterocycles. The topological polar surface area (TPSA) is 121 Å². The maximum Gasteiger partial charge on any atom is 0.329 e. The number of rotatable bonds is 9. The van der Waals surface area contributed by atoms with Gasteiger partial charge >= 0.3 is 11.8 Å². The molecule has 0 aliphatic carbocycles. The normalized spacial score (nSPS) is 11.7. The molecule has 0 saturated carbocycles. The van der Waals surface area contributed by atoms with Gasteiger partial charge in [0.25, 0.3) is 0 Å². The number of hydrogen-bond donors (Lipinski definition) is 2. The third kappa shape index (κ3) is 6.92. The average Bonchev–Trinajstić information content (AvgIpc) is 3.45. The Morgan fingerprint density at radius 1 is 0.810 bits per heavy atom. The SMILES string of the molecule is O=C(N/N=C/c1ccc(CN(Cc2ccc(Cl)cc2)S(=O)(=O)c2ccccc2)o1)C(=O)Nc1cccc2ccccc12. The van der Waals surface area contributed by atoms with Gasteiger partial charge < -0.3 is 9.73 Å². The first-order valence-corrected chi connectivity index (χ1v) is 14.6. The molecular weight excluding hydrogens is 576 g/mol. The molecule has 0 radical (unpaired) electrons. The van der Waals surface area contributed by atoms with Crippen LogP contribution >= 0.6 is 11.6 Å². The van der Waals surface area contributed by atoms with E-state index in [-0.39, 0.29) is 23.7 Å². The van der Waals surface area contributed by atoms with Crippen LogP contribution in [0.2, 0.25) is 5.02 Å². The largest absolute Gasteiger partial charge is 0.459 e. The summed E-state index contributed by atoms with van der Waals surface area (Å²) in [6.45, 7) is 0.0217. The fourth-order valence-electron chi connectivity index (χ4n) is 4.20. The Morgan fingerprint density at radius 2 is 1.52 bits per heavy atom. The minimum Gasteiger partial charge on any atom is -0.459 e. The first-order valence-electron chi connectivity index (χ1n) is 12.8. The Hall–Kier alpha value is -4.77.